The molecule has 1 aliphatic rings. The summed E-state index contributed by atoms with van der Waals surface area (Å²) in [4.78, 5) is 23.6. The van der Waals surface area contributed by atoms with Gasteiger partial charge in [-0.1, -0.05) is 31.4 Å². The molecule has 1 amide bonds. The summed E-state index contributed by atoms with van der Waals surface area (Å²) in [5.74, 6) is -1.68. The molecule has 0 bridgehead atoms. The van der Waals surface area contributed by atoms with Crippen LogP contribution in [-0.4, -0.2) is 23.0 Å². The highest BCUT2D eigenvalue weighted by Gasteiger charge is 2.41. The molecular weight excluding hydrogens is 273 g/mol. The summed E-state index contributed by atoms with van der Waals surface area (Å²) in [6, 6.07) is 5.02. The molecular formula is C16H20FNO3. The van der Waals surface area contributed by atoms with Gasteiger partial charge in [0.2, 0.25) is 5.91 Å². The standard InChI is InChI=1S/C16H20FNO3/c1-11(14(19)20)18-15(21)16(9-3-2-4-10-16)12-5-7-13(17)8-6-12/h5-8,11H,2-4,9-10H2,1H3,(H,18,21)(H,19,20)/t11-/m0/s1. The second kappa shape index (κ2) is 6.24. The minimum atomic E-state index is -1.06. The molecule has 2 rings (SSSR count). The van der Waals surface area contributed by atoms with Crippen molar-refractivity contribution in [2.45, 2.75) is 50.5 Å². The summed E-state index contributed by atoms with van der Waals surface area (Å²) in [6.07, 6.45) is 4.21. The number of carbonyl (C=O) groups excluding carboxylic acids is 1. The fourth-order valence-electron chi connectivity index (χ4n) is 2.97. The Morgan fingerprint density at radius 3 is 2.29 bits per heavy atom. The SMILES string of the molecule is C[C@H](NC(=O)C1(c2ccc(F)cc2)CCCCC1)C(=O)O. The van der Waals surface area contributed by atoms with Gasteiger partial charge >= 0.3 is 5.97 Å². The van der Waals surface area contributed by atoms with Gasteiger partial charge in [-0.2, -0.15) is 0 Å². The lowest BCUT2D eigenvalue weighted by Gasteiger charge is -2.37. The lowest BCUT2D eigenvalue weighted by molar-refractivity contribution is -0.142. The van der Waals surface area contributed by atoms with Gasteiger partial charge < -0.3 is 10.4 Å². The van der Waals surface area contributed by atoms with Crippen molar-refractivity contribution in [3.63, 3.8) is 0 Å². The van der Waals surface area contributed by atoms with Gasteiger partial charge in [0, 0.05) is 0 Å². The summed E-state index contributed by atoms with van der Waals surface area (Å²) in [7, 11) is 0. The first-order valence-electron chi connectivity index (χ1n) is 7.25. The van der Waals surface area contributed by atoms with Crippen molar-refractivity contribution in [2.75, 3.05) is 0 Å². The molecule has 114 valence electrons. The predicted octanol–water partition coefficient (Wildman–Crippen LogP) is 2.62. The number of halogens is 1. The summed E-state index contributed by atoms with van der Waals surface area (Å²) < 4.78 is 13.1. The van der Waals surface area contributed by atoms with E-state index in [4.69, 9.17) is 5.11 Å². The van der Waals surface area contributed by atoms with Crippen LogP contribution in [0.25, 0.3) is 0 Å². The number of hydrogen-bond acceptors (Lipinski definition) is 2. The average Bonchev–Trinajstić information content (AvgIpc) is 2.48. The highest BCUT2D eigenvalue weighted by Crippen LogP contribution is 2.39. The number of nitrogens with one attached hydrogen (secondary N) is 1. The minimum Gasteiger partial charge on any atom is -0.480 e. The molecule has 1 aromatic rings. The first kappa shape index (κ1) is 15.5. The van der Waals surface area contributed by atoms with E-state index in [9.17, 15) is 14.0 Å². The number of carboxylic acids is 1. The second-order valence-electron chi connectivity index (χ2n) is 5.68. The molecule has 0 aliphatic heterocycles. The van der Waals surface area contributed by atoms with Gasteiger partial charge in [0.05, 0.1) is 5.41 Å². The highest BCUT2D eigenvalue weighted by molar-refractivity contribution is 5.91. The van der Waals surface area contributed by atoms with E-state index in [0.29, 0.717) is 12.8 Å². The lowest BCUT2D eigenvalue weighted by atomic mass is 9.68. The number of benzene rings is 1. The van der Waals surface area contributed by atoms with Gasteiger partial charge in [0.1, 0.15) is 11.9 Å². The van der Waals surface area contributed by atoms with Crippen LogP contribution >= 0.6 is 0 Å². The molecule has 0 saturated heterocycles. The smallest absolute Gasteiger partial charge is 0.325 e. The molecule has 5 heteroatoms. The third-order valence-corrected chi connectivity index (χ3v) is 4.26. The molecule has 0 aromatic heterocycles. The molecule has 1 fully saturated rings. The summed E-state index contributed by atoms with van der Waals surface area (Å²) in [5.41, 5.74) is 0.0223. The first-order chi connectivity index (χ1) is 9.95. The molecule has 1 atom stereocenters. The van der Waals surface area contributed by atoms with Crippen molar-refractivity contribution < 1.29 is 19.1 Å². The minimum absolute atomic E-state index is 0.274. The van der Waals surface area contributed by atoms with E-state index in [2.05, 4.69) is 5.32 Å². The number of amides is 1. The molecule has 0 radical (unpaired) electrons. The van der Waals surface area contributed by atoms with Gasteiger partial charge in [-0.05, 0) is 37.5 Å². The van der Waals surface area contributed by atoms with Gasteiger partial charge in [-0.25, -0.2) is 4.39 Å². The molecule has 1 aliphatic carbocycles. The van der Waals surface area contributed by atoms with Crippen LogP contribution in [0.15, 0.2) is 24.3 Å². The lowest BCUT2D eigenvalue weighted by Crippen LogP contribution is -2.50. The Hall–Kier alpha value is -1.91. The van der Waals surface area contributed by atoms with Crippen LogP contribution in [0, 0.1) is 5.82 Å². The van der Waals surface area contributed by atoms with Crippen LogP contribution < -0.4 is 5.32 Å². The van der Waals surface area contributed by atoms with Crippen molar-refractivity contribution in [3.05, 3.63) is 35.6 Å². The first-order valence-corrected chi connectivity index (χ1v) is 7.25. The maximum absolute atomic E-state index is 13.1. The Morgan fingerprint density at radius 1 is 1.19 bits per heavy atom. The zero-order valence-electron chi connectivity index (χ0n) is 12.1. The quantitative estimate of drug-likeness (QED) is 0.896. The zero-order valence-corrected chi connectivity index (χ0v) is 12.1. The average molecular weight is 293 g/mol. The molecule has 1 aromatic carbocycles. The molecule has 0 unspecified atom stereocenters. The third kappa shape index (κ3) is 3.23. The van der Waals surface area contributed by atoms with E-state index in [1.807, 2.05) is 0 Å². The van der Waals surface area contributed by atoms with Gasteiger partial charge in [0.15, 0.2) is 0 Å². The van der Waals surface area contributed by atoms with Crippen LogP contribution in [0.2, 0.25) is 0 Å². The van der Waals surface area contributed by atoms with Crippen molar-refractivity contribution in [1.29, 1.82) is 0 Å². The van der Waals surface area contributed by atoms with Crippen molar-refractivity contribution in [2.24, 2.45) is 0 Å². The highest BCUT2D eigenvalue weighted by atomic mass is 19.1. The van der Waals surface area contributed by atoms with Crippen LogP contribution in [0.4, 0.5) is 4.39 Å². The van der Waals surface area contributed by atoms with Crippen molar-refractivity contribution in [3.8, 4) is 0 Å². The molecule has 0 heterocycles. The van der Waals surface area contributed by atoms with Crippen molar-refractivity contribution in [1.82, 2.24) is 5.32 Å². The van der Waals surface area contributed by atoms with Gasteiger partial charge in [-0.3, -0.25) is 9.59 Å². The predicted molar refractivity (Wildman–Crippen MR) is 76.4 cm³/mol. The van der Waals surface area contributed by atoms with E-state index in [-0.39, 0.29) is 11.7 Å². The summed E-state index contributed by atoms with van der Waals surface area (Å²) >= 11 is 0. The zero-order chi connectivity index (χ0) is 15.5. The monoisotopic (exact) mass is 293 g/mol. The number of aliphatic carboxylic acids is 1. The number of rotatable bonds is 4. The van der Waals surface area contributed by atoms with E-state index in [1.54, 1.807) is 12.1 Å². The second-order valence-corrected chi connectivity index (χ2v) is 5.68. The van der Waals surface area contributed by atoms with Gasteiger partial charge in [-0.15, -0.1) is 0 Å². The van der Waals surface area contributed by atoms with E-state index < -0.39 is 17.4 Å². The van der Waals surface area contributed by atoms with E-state index in [1.165, 1.54) is 19.1 Å². The Balaban J connectivity index is 2.30. The van der Waals surface area contributed by atoms with Crippen LogP contribution in [0.3, 0.4) is 0 Å². The Kier molecular flexibility index (Phi) is 4.60. The van der Waals surface area contributed by atoms with Crippen LogP contribution in [0.1, 0.15) is 44.6 Å². The Morgan fingerprint density at radius 2 is 1.76 bits per heavy atom. The molecule has 1 saturated carbocycles. The Labute approximate surface area is 123 Å². The van der Waals surface area contributed by atoms with E-state index in [0.717, 1.165) is 24.8 Å². The summed E-state index contributed by atoms with van der Waals surface area (Å²) in [5, 5.41) is 11.5. The molecule has 2 N–H and O–H groups in total. The third-order valence-electron chi connectivity index (χ3n) is 4.26. The molecule has 21 heavy (non-hydrogen) atoms. The van der Waals surface area contributed by atoms with Crippen molar-refractivity contribution >= 4 is 11.9 Å². The maximum atomic E-state index is 13.1. The fraction of sp³-hybridized carbons (Fsp3) is 0.500. The number of carbonyl (C=O) groups is 2. The van der Waals surface area contributed by atoms with Crippen LogP contribution in [0.5, 0.6) is 0 Å². The normalized spacial score (nSPS) is 18.8. The maximum Gasteiger partial charge on any atom is 0.325 e. The van der Waals surface area contributed by atoms with E-state index >= 15 is 0 Å². The fourth-order valence-corrected chi connectivity index (χ4v) is 2.97. The molecule has 4 nitrogen and oxygen atoms in total. The van der Waals surface area contributed by atoms with Crippen LogP contribution in [-0.2, 0) is 15.0 Å². The topological polar surface area (TPSA) is 66.4 Å². The summed E-state index contributed by atoms with van der Waals surface area (Å²) in [6.45, 7) is 1.45. The molecule has 0 spiro atoms. The number of hydrogen-bond donors (Lipinski definition) is 2. The largest absolute Gasteiger partial charge is 0.480 e. The number of carboxylic acid groups (broad SMARTS) is 1. The van der Waals surface area contributed by atoms with Gasteiger partial charge in [0.25, 0.3) is 0 Å². The Bertz CT molecular complexity index is 521.